The summed E-state index contributed by atoms with van der Waals surface area (Å²) >= 11 is 0. The van der Waals surface area contributed by atoms with Crippen molar-refractivity contribution in [1.29, 1.82) is 0 Å². The van der Waals surface area contributed by atoms with Crippen molar-refractivity contribution in [3.05, 3.63) is 59.0 Å². The van der Waals surface area contributed by atoms with Gasteiger partial charge in [0.05, 0.1) is 12.6 Å². The Morgan fingerprint density at radius 1 is 1.17 bits per heavy atom. The van der Waals surface area contributed by atoms with Crippen LogP contribution in [0.15, 0.2) is 45.8 Å². The molecule has 0 saturated carbocycles. The van der Waals surface area contributed by atoms with Crippen molar-refractivity contribution in [3.63, 3.8) is 0 Å². The van der Waals surface area contributed by atoms with Gasteiger partial charge in [-0.05, 0) is 58.2 Å². The fraction of sp³-hybridized carbons (Fsp3) is 0.542. The monoisotopic (exact) mass is 413 g/mol. The second kappa shape index (κ2) is 10.1. The van der Waals surface area contributed by atoms with E-state index in [4.69, 9.17) is 9.15 Å². The summed E-state index contributed by atoms with van der Waals surface area (Å²) < 4.78 is 11.7. The molecule has 0 amide bonds. The minimum atomic E-state index is -1.16. The number of aliphatic hydroxyl groups is 1. The summed E-state index contributed by atoms with van der Waals surface area (Å²) in [6.07, 6.45) is 2.26. The van der Waals surface area contributed by atoms with Crippen LogP contribution in [0.2, 0.25) is 0 Å². The van der Waals surface area contributed by atoms with Crippen LogP contribution in [0, 0.1) is 19.8 Å². The van der Waals surface area contributed by atoms with E-state index in [1.807, 2.05) is 19.9 Å². The fourth-order valence-corrected chi connectivity index (χ4v) is 3.78. The quantitative estimate of drug-likeness (QED) is 0.475. The topological polar surface area (TPSA) is 79.0 Å². The van der Waals surface area contributed by atoms with Crippen LogP contribution in [0.3, 0.4) is 0 Å². The normalized spacial score (nSPS) is 21.8. The highest BCUT2D eigenvalue weighted by Gasteiger charge is 2.29. The summed E-state index contributed by atoms with van der Waals surface area (Å²) in [5, 5.41) is 17.5. The molecule has 3 rings (SSSR count). The predicted molar refractivity (Wildman–Crippen MR) is 120 cm³/mol. The number of hydrogen-bond donors (Lipinski definition) is 3. The molecule has 2 aromatic rings. The third-order valence-corrected chi connectivity index (χ3v) is 5.54. The molecule has 3 unspecified atom stereocenters. The number of rotatable bonds is 7. The van der Waals surface area contributed by atoms with Gasteiger partial charge in [-0.1, -0.05) is 29.8 Å². The summed E-state index contributed by atoms with van der Waals surface area (Å²) in [7, 11) is 0. The minimum Gasteiger partial charge on any atom is -0.463 e. The molecule has 1 aromatic heterocycles. The van der Waals surface area contributed by atoms with Gasteiger partial charge in [-0.15, -0.1) is 0 Å². The number of aryl methyl sites for hydroxylation is 2. The van der Waals surface area contributed by atoms with Crippen LogP contribution in [0.25, 0.3) is 0 Å². The molecule has 6 heteroatoms. The first kappa shape index (κ1) is 22.4. The largest absolute Gasteiger partial charge is 0.463 e. The maximum absolute atomic E-state index is 10.8. The average Bonchev–Trinajstić information content (AvgIpc) is 3.18. The SMILES string of the molecule is CCNC(=NCC(C)(O)c1ccc(C)o1)NCC1CCCOC1c1ccc(C)cc1. The predicted octanol–water partition coefficient (Wildman–Crippen LogP) is 3.83. The molecule has 3 N–H and O–H groups in total. The van der Waals surface area contributed by atoms with Crippen molar-refractivity contribution in [2.75, 3.05) is 26.2 Å². The Hall–Kier alpha value is -2.31. The number of hydrogen-bond acceptors (Lipinski definition) is 4. The summed E-state index contributed by atoms with van der Waals surface area (Å²) in [4.78, 5) is 4.61. The van der Waals surface area contributed by atoms with Crippen molar-refractivity contribution >= 4 is 5.96 Å². The van der Waals surface area contributed by atoms with Crippen LogP contribution in [0.1, 0.15) is 55.4 Å². The molecule has 3 atom stereocenters. The first-order valence-corrected chi connectivity index (χ1v) is 10.9. The van der Waals surface area contributed by atoms with Crippen LogP contribution in [0.4, 0.5) is 0 Å². The molecule has 1 aliphatic heterocycles. The molecular formula is C24H35N3O3. The summed E-state index contributed by atoms with van der Waals surface area (Å²) in [6.45, 7) is 10.2. The van der Waals surface area contributed by atoms with E-state index in [0.29, 0.717) is 17.6 Å². The van der Waals surface area contributed by atoms with E-state index in [1.165, 1.54) is 11.1 Å². The standard InChI is InChI=1S/C24H35N3O3/c1-5-25-23(27-16-24(4,28)21-13-10-18(3)30-21)26-15-20-7-6-14-29-22(20)19-11-8-17(2)9-12-19/h8-13,20,22,28H,5-7,14-16H2,1-4H3,(H2,25,26,27). The molecule has 6 nitrogen and oxygen atoms in total. The Morgan fingerprint density at radius 2 is 1.93 bits per heavy atom. The Labute approximate surface area is 179 Å². The third kappa shape index (κ3) is 5.86. The molecule has 1 saturated heterocycles. The maximum atomic E-state index is 10.8. The molecule has 0 spiro atoms. The van der Waals surface area contributed by atoms with Crippen molar-refractivity contribution in [2.24, 2.45) is 10.9 Å². The number of nitrogens with one attached hydrogen (secondary N) is 2. The van der Waals surface area contributed by atoms with Crippen molar-refractivity contribution in [1.82, 2.24) is 10.6 Å². The van der Waals surface area contributed by atoms with Gasteiger partial charge in [-0.25, -0.2) is 4.99 Å². The minimum absolute atomic E-state index is 0.0870. The Morgan fingerprint density at radius 3 is 2.60 bits per heavy atom. The zero-order valence-electron chi connectivity index (χ0n) is 18.6. The van der Waals surface area contributed by atoms with Gasteiger partial charge < -0.3 is 24.9 Å². The molecule has 0 radical (unpaired) electrons. The second-order valence-corrected chi connectivity index (χ2v) is 8.36. The number of ether oxygens (including phenoxy) is 1. The lowest BCUT2D eigenvalue weighted by molar-refractivity contribution is -0.0265. The molecule has 0 bridgehead atoms. The first-order chi connectivity index (χ1) is 14.4. The van der Waals surface area contributed by atoms with Crippen molar-refractivity contribution in [2.45, 2.75) is 52.2 Å². The maximum Gasteiger partial charge on any atom is 0.191 e. The van der Waals surface area contributed by atoms with Gasteiger partial charge in [0, 0.05) is 25.6 Å². The number of guanidine groups is 1. The van der Waals surface area contributed by atoms with Crippen molar-refractivity contribution < 1.29 is 14.3 Å². The second-order valence-electron chi connectivity index (χ2n) is 8.36. The lowest BCUT2D eigenvalue weighted by Crippen LogP contribution is -2.42. The van der Waals surface area contributed by atoms with Crippen molar-refractivity contribution in [3.8, 4) is 0 Å². The molecule has 164 valence electrons. The van der Waals surface area contributed by atoms with Gasteiger partial charge in [-0.3, -0.25) is 0 Å². The fourth-order valence-electron chi connectivity index (χ4n) is 3.78. The van der Waals surface area contributed by atoms with E-state index in [0.717, 1.165) is 38.3 Å². The molecule has 30 heavy (non-hydrogen) atoms. The van der Waals surface area contributed by atoms with E-state index in [9.17, 15) is 5.11 Å². The Kier molecular flexibility index (Phi) is 7.56. The van der Waals surface area contributed by atoms with Gasteiger partial charge in [-0.2, -0.15) is 0 Å². The number of aliphatic imine (C=N–C) groups is 1. The van der Waals surface area contributed by atoms with Gasteiger partial charge >= 0.3 is 0 Å². The smallest absolute Gasteiger partial charge is 0.191 e. The lowest BCUT2D eigenvalue weighted by Gasteiger charge is -2.32. The number of benzene rings is 1. The molecule has 0 aliphatic carbocycles. The zero-order chi connectivity index (χ0) is 21.6. The van der Waals surface area contributed by atoms with Gasteiger partial charge in [0.15, 0.2) is 5.96 Å². The lowest BCUT2D eigenvalue weighted by atomic mass is 9.89. The number of nitrogens with zero attached hydrogens (tertiary/aromatic N) is 1. The Balaban J connectivity index is 1.65. The van der Waals surface area contributed by atoms with Crippen LogP contribution >= 0.6 is 0 Å². The highest BCUT2D eigenvalue weighted by Crippen LogP contribution is 2.33. The third-order valence-electron chi connectivity index (χ3n) is 5.54. The van der Waals surface area contributed by atoms with Crippen LogP contribution < -0.4 is 10.6 Å². The summed E-state index contributed by atoms with van der Waals surface area (Å²) in [6, 6.07) is 12.3. The molecule has 2 heterocycles. The first-order valence-electron chi connectivity index (χ1n) is 10.9. The molecule has 1 fully saturated rings. The van der Waals surface area contributed by atoms with Gasteiger partial charge in [0.2, 0.25) is 0 Å². The van der Waals surface area contributed by atoms with E-state index < -0.39 is 5.60 Å². The van der Waals surface area contributed by atoms with E-state index in [-0.39, 0.29) is 12.6 Å². The molecule has 1 aromatic carbocycles. The van der Waals surface area contributed by atoms with E-state index in [2.05, 4.69) is 46.8 Å². The highest BCUT2D eigenvalue weighted by atomic mass is 16.5. The average molecular weight is 414 g/mol. The highest BCUT2D eigenvalue weighted by molar-refractivity contribution is 5.79. The van der Waals surface area contributed by atoms with E-state index >= 15 is 0 Å². The summed E-state index contributed by atoms with van der Waals surface area (Å²) in [5.74, 6) is 2.35. The zero-order valence-corrected chi connectivity index (χ0v) is 18.6. The van der Waals surface area contributed by atoms with Crippen LogP contribution in [0.5, 0.6) is 0 Å². The van der Waals surface area contributed by atoms with Crippen LogP contribution in [-0.4, -0.2) is 37.3 Å². The van der Waals surface area contributed by atoms with Crippen LogP contribution in [-0.2, 0) is 10.3 Å². The Bertz CT molecular complexity index is 826. The van der Waals surface area contributed by atoms with E-state index in [1.54, 1.807) is 13.0 Å². The molecular weight excluding hydrogens is 378 g/mol. The van der Waals surface area contributed by atoms with Gasteiger partial charge in [0.1, 0.15) is 17.1 Å². The summed E-state index contributed by atoms with van der Waals surface area (Å²) in [5.41, 5.74) is 1.32. The molecule has 1 aliphatic rings. The van der Waals surface area contributed by atoms with Gasteiger partial charge in [0.25, 0.3) is 0 Å². The number of furan rings is 1.